The third kappa shape index (κ3) is 10.4. The molecule has 1 unspecified atom stereocenters. The van der Waals surface area contributed by atoms with Crippen LogP contribution in [0, 0.1) is 11.3 Å². The number of rotatable bonds is 6. The van der Waals surface area contributed by atoms with Gasteiger partial charge in [0.25, 0.3) is 0 Å². The molecule has 0 aliphatic carbocycles. The summed E-state index contributed by atoms with van der Waals surface area (Å²) < 4.78 is 0. The third-order valence-corrected chi connectivity index (χ3v) is 2.64. The molecule has 2 heteroatoms. The van der Waals surface area contributed by atoms with Crippen LogP contribution < -0.4 is 10.6 Å². The van der Waals surface area contributed by atoms with Crippen molar-refractivity contribution >= 4 is 0 Å². The molecule has 1 atom stereocenters. The van der Waals surface area contributed by atoms with Crippen molar-refractivity contribution in [3.63, 3.8) is 0 Å². The van der Waals surface area contributed by atoms with Gasteiger partial charge in [0.1, 0.15) is 0 Å². The summed E-state index contributed by atoms with van der Waals surface area (Å²) in [4.78, 5) is 0. The van der Waals surface area contributed by atoms with Crippen LogP contribution in [0.3, 0.4) is 0 Å². The Kier molecular flexibility index (Phi) is 11.5. The van der Waals surface area contributed by atoms with Gasteiger partial charge >= 0.3 is 0 Å². The first-order chi connectivity index (χ1) is 7.38. The zero-order chi connectivity index (χ0) is 13.2. The van der Waals surface area contributed by atoms with E-state index < -0.39 is 0 Å². The van der Waals surface area contributed by atoms with Gasteiger partial charge < -0.3 is 10.6 Å². The standard InChI is InChI=1S/C12H28N2.C2H6/c1-7-13-8-11(12(4,5)6)9-14-10(2)3;1-2/h10-11,13-14H,7-9H2,1-6H3;1-2H3. The van der Waals surface area contributed by atoms with Crippen LogP contribution in [-0.2, 0) is 0 Å². The first-order valence-electron chi connectivity index (χ1n) is 6.82. The quantitative estimate of drug-likeness (QED) is 0.732. The van der Waals surface area contributed by atoms with Crippen molar-refractivity contribution in [3.05, 3.63) is 0 Å². The summed E-state index contributed by atoms with van der Waals surface area (Å²) in [6.07, 6.45) is 0. The molecule has 0 spiro atoms. The van der Waals surface area contributed by atoms with Crippen LogP contribution in [0.25, 0.3) is 0 Å². The Bertz CT molecular complexity index is 136. The maximum Gasteiger partial charge on any atom is 0.00105 e. The minimum atomic E-state index is 0.379. The highest BCUT2D eigenvalue weighted by atomic mass is 14.9. The van der Waals surface area contributed by atoms with Gasteiger partial charge in [-0.15, -0.1) is 0 Å². The van der Waals surface area contributed by atoms with Gasteiger partial charge in [0.2, 0.25) is 0 Å². The van der Waals surface area contributed by atoms with Gasteiger partial charge in [0.05, 0.1) is 0 Å². The summed E-state index contributed by atoms with van der Waals surface area (Å²) in [6.45, 7) is 20.8. The Balaban J connectivity index is 0. The van der Waals surface area contributed by atoms with E-state index in [0.717, 1.165) is 19.6 Å². The van der Waals surface area contributed by atoms with Gasteiger partial charge in [-0.2, -0.15) is 0 Å². The molecule has 0 bridgehead atoms. The average molecular weight is 230 g/mol. The second kappa shape index (κ2) is 10.1. The summed E-state index contributed by atoms with van der Waals surface area (Å²) in [7, 11) is 0. The highest BCUT2D eigenvalue weighted by Crippen LogP contribution is 2.24. The molecule has 100 valence electrons. The van der Waals surface area contributed by atoms with E-state index in [-0.39, 0.29) is 0 Å². The van der Waals surface area contributed by atoms with E-state index in [1.807, 2.05) is 13.8 Å². The lowest BCUT2D eigenvalue weighted by Crippen LogP contribution is -2.40. The Labute approximate surface area is 104 Å². The predicted molar refractivity (Wildman–Crippen MR) is 76.0 cm³/mol. The molecule has 0 fully saturated rings. The molecule has 0 aliphatic rings. The van der Waals surface area contributed by atoms with Crippen molar-refractivity contribution in [2.45, 2.75) is 61.4 Å². The fraction of sp³-hybridized carbons (Fsp3) is 1.00. The van der Waals surface area contributed by atoms with E-state index >= 15 is 0 Å². The van der Waals surface area contributed by atoms with Crippen molar-refractivity contribution < 1.29 is 0 Å². The third-order valence-electron chi connectivity index (χ3n) is 2.64. The van der Waals surface area contributed by atoms with E-state index in [9.17, 15) is 0 Å². The van der Waals surface area contributed by atoms with Crippen LogP contribution >= 0.6 is 0 Å². The van der Waals surface area contributed by atoms with Crippen molar-refractivity contribution in [3.8, 4) is 0 Å². The molecule has 2 nitrogen and oxygen atoms in total. The van der Waals surface area contributed by atoms with Crippen molar-refractivity contribution in [2.24, 2.45) is 11.3 Å². The molecular weight excluding hydrogens is 196 g/mol. The van der Waals surface area contributed by atoms with E-state index in [2.05, 4.69) is 52.2 Å². The largest absolute Gasteiger partial charge is 0.317 e. The molecule has 0 radical (unpaired) electrons. The Morgan fingerprint density at radius 2 is 1.50 bits per heavy atom. The molecule has 0 aromatic rings. The van der Waals surface area contributed by atoms with Crippen LogP contribution in [0.4, 0.5) is 0 Å². The van der Waals surface area contributed by atoms with Crippen molar-refractivity contribution in [1.82, 2.24) is 10.6 Å². The number of hydrogen-bond donors (Lipinski definition) is 2. The second-order valence-electron chi connectivity index (χ2n) is 5.43. The minimum absolute atomic E-state index is 0.379. The molecule has 0 saturated heterocycles. The number of hydrogen-bond acceptors (Lipinski definition) is 2. The highest BCUT2D eigenvalue weighted by molar-refractivity contribution is 4.78. The van der Waals surface area contributed by atoms with Crippen molar-refractivity contribution in [2.75, 3.05) is 19.6 Å². The van der Waals surface area contributed by atoms with E-state index in [4.69, 9.17) is 0 Å². The first kappa shape index (κ1) is 18.3. The lowest BCUT2D eigenvalue weighted by molar-refractivity contribution is 0.222. The molecule has 0 aromatic heterocycles. The summed E-state index contributed by atoms with van der Waals surface area (Å²) in [6, 6.07) is 0.585. The molecule has 0 aromatic carbocycles. The summed E-state index contributed by atoms with van der Waals surface area (Å²) >= 11 is 0. The van der Waals surface area contributed by atoms with Crippen LogP contribution in [0.5, 0.6) is 0 Å². The lowest BCUT2D eigenvalue weighted by Gasteiger charge is -2.32. The van der Waals surface area contributed by atoms with Gasteiger partial charge in [-0.3, -0.25) is 0 Å². The first-order valence-corrected chi connectivity index (χ1v) is 6.82. The van der Waals surface area contributed by atoms with Gasteiger partial charge in [-0.25, -0.2) is 0 Å². The van der Waals surface area contributed by atoms with Gasteiger partial charge in [0.15, 0.2) is 0 Å². The van der Waals surface area contributed by atoms with Crippen molar-refractivity contribution in [1.29, 1.82) is 0 Å². The predicted octanol–water partition coefficient (Wildman–Crippen LogP) is 3.28. The summed E-state index contributed by atoms with van der Waals surface area (Å²) in [5, 5.41) is 6.96. The minimum Gasteiger partial charge on any atom is -0.317 e. The molecule has 0 saturated carbocycles. The second-order valence-corrected chi connectivity index (χ2v) is 5.43. The molecule has 0 heterocycles. The van der Waals surface area contributed by atoms with Gasteiger partial charge in [-0.05, 0) is 31.0 Å². The maximum atomic E-state index is 3.52. The fourth-order valence-corrected chi connectivity index (χ4v) is 1.38. The smallest absolute Gasteiger partial charge is 0.00105 e. The molecule has 0 amide bonds. The van der Waals surface area contributed by atoms with Gasteiger partial charge in [0, 0.05) is 6.04 Å². The van der Waals surface area contributed by atoms with Gasteiger partial charge in [-0.1, -0.05) is 55.4 Å². The molecule has 0 rings (SSSR count). The molecule has 16 heavy (non-hydrogen) atoms. The van der Waals surface area contributed by atoms with E-state index in [0.29, 0.717) is 17.4 Å². The summed E-state index contributed by atoms with van der Waals surface area (Å²) in [5.41, 5.74) is 0.379. The topological polar surface area (TPSA) is 24.1 Å². The van der Waals surface area contributed by atoms with E-state index in [1.54, 1.807) is 0 Å². The highest BCUT2D eigenvalue weighted by Gasteiger charge is 2.23. The van der Waals surface area contributed by atoms with Crippen LogP contribution in [0.2, 0.25) is 0 Å². The zero-order valence-electron chi connectivity index (χ0n) is 12.8. The Morgan fingerprint density at radius 3 is 1.81 bits per heavy atom. The fourth-order valence-electron chi connectivity index (χ4n) is 1.38. The SMILES string of the molecule is CC.CCNCC(CNC(C)C)C(C)(C)C. The molecule has 0 aliphatic heterocycles. The maximum absolute atomic E-state index is 3.52. The Morgan fingerprint density at radius 1 is 1.00 bits per heavy atom. The van der Waals surface area contributed by atoms with Crippen LogP contribution in [0.1, 0.15) is 55.4 Å². The number of nitrogens with one attached hydrogen (secondary N) is 2. The normalized spacial score (nSPS) is 13.3. The Hall–Kier alpha value is -0.0800. The average Bonchev–Trinajstić information content (AvgIpc) is 2.18. The lowest BCUT2D eigenvalue weighted by atomic mass is 9.80. The molecule has 2 N–H and O–H groups in total. The van der Waals surface area contributed by atoms with E-state index in [1.165, 1.54) is 0 Å². The monoisotopic (exact) mass is 230 g/mol. The van der Waals surface area contributed by atoms with Crippen LogP contribution in [0.15, 0.2) is 0 Å². The van der Waals surface area contributed by atoms with Crippen LogP contribution in [-0.4, -0.2) is 25.7 Å². The summed E-state index contributed by atoms with van der Waals surface area (Å²) in [5.74, 6) is 0.699. The molecular formula is C14H34N2. The zero-order valence-corrected chi connectivity index (χ0v) is 12.8.